The molecular formula is C14H19BN2O6. The van der Waals surface area contributed by atoms with E-state index >= 15 is 0 Å². The Morgan fingerprint density at radius 3 is 2.30 bits per heavy atom. The lowest BCUT2D eigenvalue weighted by molar-refractivity contribution is -0.145. The maximum atomic E-state index is 12.2. The van der Waals surface area contributed by atoms with E-state index in [0.29, 0.717) is 0 Å². The monoisotopic (exact) mass is 322 g/mol. The van der Waals surface area contributed by atoms with Gasteiger partial charge in [0, 0.05) is 6.20 Å². The number of hydrogen-bond donors (Lipinski definition) is 0. The van der Waals surface area contributed by atoms with Gasteiger partial charge in [0.2, 0.25) is 0 Å². The van der Waals surface area contributed by atoms with Gasteiger partial charge in [-0.15, -0.1) is 0 Å². The molecule has 0 atom stereocenters. The molecule has 0 spiro atoms. The molecule has 8 nitrogen and oxygen atoms in total. The molecule has 0 saturated carbocycles. The van der Waals surface area contributed by atoms with E-state index in [9.17, 15) is 14.4 Å². The Balaban J connectivity index is 2.24. The first-order valence-electron chi connectivity index (χ1n) is 7.14. The molecular weight excluding hydrogens is 303 g/mol. The Morgan fingerprint density at radius 2 is 1.78 bits per heavy atom. The van der Waals surface area contributed by atoms with Crippen LogP contribution in [0.5, 0.6) is 0 Å². The maximum Gasteiger partial charge on any atom is 0.654 e. The molecule has 0 aliphatic carbocycles. The van der Waals surface area contributed by atoms with E-state index in [-0.39, 0.29) is 18.7 Å². The number of hydrogen-bond acceptors (Lipinski definition) is 7. The van der Waals surface area contributed by atoms with Gasteiger partial charge in [-0.05, 0) is 40.0 Å². The molecule has 0 radical (unpaired) electrons. The zero-order valence-corrected chi connectivity index (χ0v) is 13.6. The first-order chi connectivity index (χ1) is 10.7. The average Bonchev–Trinajstić information content (AvgIpc) is 2.82. The summed E-state index contributed by atoms with van der Waals surface area (Å²) in [6.45, 7) is 5.12. The summed E-state index contributed by atoms with van der Waals surface area (Å²) in [5.74, 6) is -1.11. The topological polar surface area (TPSA) is 87.1 Å². The van der Waals surface area contributed by atoms with Crippen LogP contribution in [-0.4, -0.2) is 60.4 Å². The first-order valence-corrected chi connectivity index (χ1v) is 7.14. The molecule has 0 bridgehead atoms. The molecule has 2 rings (SSSR count). The third-order valence-corrected chi connectivity index (χ3v) is 2.89. The van der Waals surface area contributed by atoms with Gasteiger partial charge in [-0.25, -0.2) is 4.79 Å². The van der Waals surface area contributed by atoms with Crippen molar-refractivity contribution >= 4 is 30.7 Å². The van der Waals surface area contributed by atoms with Crippen molar-refractivity contribution in [2.45, 2.75) is 26.4 Å². The highest BCUT2D eigenvalue weighted by Crippen LogP contribution is 2.09. The molecule has 23 heavy (non-hydrogen) atoms. The molecule has 9 heteroatoms. The van der Waals surface area contributed by atoms with E-state index in [4.69, 9.17) is 14.0 Å². The van der Waals surface area contributed by atoms with Crippen LogP contribution in [0.3, 0.4) is 0 Å². The SMILES string of the molecule is CN1CC(=O)OB(c2cccn2C(=O)OC(C)(C)C)OC(=O)C1. The Labute approximate surface area is 134 Å². The number of aromatic nitrogens is 1. The summed E-state index contributed by atoms with van der Waals surface area (Å²) >= 11 is 0. The van der Waals surface area contributed by atoms with Crippen LogP contribution in [0.1, 0.15) is 20.8 Å². The standard InChI is InChI=1S/C14H19BN2O6/c1-14(2,3)21-13(20)17-7-5-6-10(17)15-22-11(18)8-16(4)9-12(19)23-15/h5-7H,8-9H2,1-4H3. The summed E-state index contributed by atoms with van der Waals surface area (Å²) < 4.78 is 16.7. The molecule has 2 heterocycles. The highest BCUT2D eigenvalue weighted by molar-refractivity contribution is 6.64. The van der Waals surface area contributed by atoms with Gasteiger partial charge in [0.1, 0.15) is 5.60 Å². The van der Waals surface area contributed by atoms with Crippen molar-refractivity contribution in [3.8, 4) is 0 Å². The van der Waals surface area contributed by atoms with Gasteiger partial charge in [-0.2, -0.15) is 0 Å². The predicted octanol–water partition coefficient (Wildman–Crippen LogP) is -0.00170. The fourth-order valence-electron chi connectivity index (χ4n) is 2.02. The second-order valence-electron chi connectivity index (χ2n) is 6.27. The van der Waals surface area contributed by atoms with Crippen LogP contribution in [0, 0.1) is 0 Å². The summed E-state index contributed by atoms with van der Waals surface area (Å²) in [6.07, 6.45) is 0.805. The minimum atomic E-state index is -1.29. The lowest BCUT2D eigenvalue weighted by Gasteiger charge is -2.24. The summed E-state index contributed by atoms with van der Waals surface area (Å²) in [7, 11) is 0.318. The molecule has 1 aliphatic heterocycles. The van der Waals surface area contributed by atoms with Gasteiger partial charge in [0.15, 0.2) is 0 Å². The molecule has 0 amide bonds. The number of ether oxygens (including phenoxy) is 1. The lowest BCUT2D eigenvalue weighted by atomic mass is 9.84. The Bertz CT molecular complexity index is 601. The Kier molecular flexibility index (Phi) is 4.79. The van der Waals surface area contributed by atoms with Crippen LogP contribution >= 0.6 is 0 Å². The number of carbonyl (C=O) groups is 3. The van der Waals surface area contributed by atoms with Gasteiger partial charge >= 0.3 is 25.2 Å². The van der Waals surface area contributed by atoms with Crippen molar-refractivity contribution in [1.29, 1.82) is 0 Å². The molecule has 1 aliphatic rings. The third kappa shape index (κ3) is 4.59. The van der Waals surface area contributed by atoms with Gasteiger partial charge < -0.3 is 14.0 Å². The molecule has 1 fully saturated rings. The fraction of sp³-hybridized carbons (Fsp3) is 0.500. The van der Waals surface area contributed by atoms with E-state index in [1.807, 2.05) is 0 Å². The minimum Gasteiger partial charge on any atom is -0.493 e. The second kappa shape index (κ2) is 6.45. The third-order valence-electron chi connectivity index (χ3n) is 2.89. The number of rotatable bonds is 1. The minimum absolute atomic E-state index is 0.0429. The van der Waals surface area contributed by atoms with Crippen molar-refractivity contribution in [2.75, 3.05) is 20.1 Å². The molecule has 124 valence electrons. The van der Waals surface area contributed by atoms with Crippen LogP contribution in [-0.2, 0) is 23.6 Å². The quantitative estimate of drug-likeness (QED) is 0.673. The van der Waals surface area contributed by atoms with Crippen LogP contribution in [0.4, 0.5) is 4.79 Å². The smallest absolute Gasteiger partial charge is 0.493 e. The predicted molar refractivity (Wildman–Crippen MR) is 81.1 cm³/mol. The largest absolute Gasteiger partial charge is 0.654 e. The molecule has 1 saturated heterocycles. The van der Waals surface area contributed by atoms with Crippen molar-refractivity contribution in [3.05, 3.63) is 18.3 Å². The van der Waals surface area contributed by atoms with Crippen LogP contribution in [0.15, 0.2) is 18.3 Å². The molecule has 1 aromatic heterocycles. The summed E-state index contributed by atoms with van der Waals surface area (Å²) in [5, 5.41) is 0. The normalized spacial score (nSPS) is 17.1. The highest BCUT2D eigenvalue weighted by Gasteiger charge is 2.37. The van der Waals surface area contributed by atoms with Crippen molar-refractivity contribution in [2.24, 2.45) is 0 Å². The number of likely N-dealkylation sites (N-methyl/N-ethyl adjacent to an activating group) is 1. The van der Waals surface area contributed by atoms with E-state index in [1.54, 1.807) is 33.9 Å². The maximum absolute atomic E-state index is 12.2. The average molecular weight is 322 g/mol. The Hall–Kier alpha value is -2.29. The molecule has 1 aromatic rings. The molecule has 0 N–H and O–H groups in total. The fourth-order valence-corrected chi connectivity index (χ4v) is 2.02. The zero-order chi connectivity index (χ0) is 17.2. The van der Waals surface area contributed by atoms with Crippen molar-refractivity contribution in [3.63, 3.8) is 0 Å². The van der Waals surface area contributed by atoms with Gasteiger partial charge in [-0.3, -0.25) is 19.1 Å². The summed E-state index contributed by atoms with van der Waals surface area (Å²) in [4.78, 5) is 37.3. The highest BCUT2D eigenvalue weighted by atomic mass is 16.6. The van der Waals surface area contributed by atoms with E-state index < -0.39 is 30.8 Å². The molecule has 0 unspecified atom stereocenters. The second-order valence-corrected chi connectivity index (χ2v) is 6.27. The number of nitrogens with zero attached hydrogens (tertiary/aromatic N) is 2. The zero-order valence-electron chi connectivity index (χ0n) is 13.6. The van der Waals surface area contributed by atoms with Crippen molar-refractivity contribution < 1.29 is 28.4 Å². The summed E-state index contributed by atoms with van der Waals surface area (Å²) in [5.41, 5.74) is -0.471. The van der Waals surface area contributed by atoms with Crippen molar-refractivity contribution in [1.82, 2.24) is 9.47 Å². The Morgan fingerprint density at radius 1 is 1.22 bits per heavy atom. The van der Waals surface area contributed by atoms with E-state index in [0.717, 1.165) is 4.57 Å². The van der Waals surface area contributed by atoms with E-state index in [1.165, 1.54) is 17.2 Å². The first kappa shape index (κ1) is 17.1. The van der Waals surface area contributed by atoms with E-state index in [2.05, 4.69) is 0 Å². The van der Waals surface area contributed by atoms with Crippen LogP contribution < -0.4 is 5.59 Å². The van der Waals surface area contributed by atoms with Crippen LogP contribution in [0.2, 0.25) is 0 Å². The lowest BCUT2D eigenvalue weighted by Crippen LogP contribution is -2.51. The summed E-state index contributed by atoms with van der Waals surface area (Å²) in [6, 6.07) is 3.10. The number of carbonyl (C=O) groups excluding carboxylic acids is 3. The van der Waals surface area contributed by atoms with Crippen LogP contribution in [0.25, 0.3) is 0 Å². The van der Waals surface area contributed by atoms with Gasteiger partial charge in [0.25, 0.3) is 0 Å². The molecule has 0 aromatic carbocycles. The van der Waals surface area contributed by atoms with Gasteiger partial charge in [0.05, 0.1) is 18.7 Å². The van der Waals surface area contributed by atoms with Gasteiger partial charge in [-0.1, -0.05) is 0 Å².